The molecular formula is C19H27NO3S. The minimum absolute atomic E-state index is 0.106. The molecule has 2 aliphatic rings. The van der Waals surface area contributed by atoms with Crippen LogP contribution in [0.5, 0.6) is 0 Å². The molecule has 0 atom stereocenters. The summed E-state index contributed by atoms with van der Waals surface area (Å²) < 4.78 is 25.3. The lowest BCUT2D eigenvalue weighted by molar-refractivity contribution is -0.137. The van der Waals surface area contributed by atoms with Gasteiger partial charge in [-0.3, -0.25) is 4.79 Å². The molecule has 1 aromatic carbocycles. The summed E-state index contributed by atoms with van der Waals surface area (Å²) in [5.41, 5.74) is 0.846. The van der Waals surface area contributed by atoms with Crippen LogP contribution in [0.1, 0.15) is 50.5 Å². The molecule has 0 aromatic heterocycles. The predicted octanol–water partition coefficient (Wildman–Crippen LogP) is 3.17. The molecule has 0 N–H and O–H groups in total. The number of hydrogen-bond donors (Lipinski definition) is 0. The molecule has 1 amide bonds. The van der Waals surface area contributed by atoms with Crippen LogP contribution in [0, 0.1) is 5.92 Å². The molecule has 24 heavy (non-hydrogen) atoms. The van der Waals surface area contributed by atoms with E-state index in [0.717, 1.165) is 31.2 Å². The van der Waals surface area contributed by atoms with Crippen LogP contribution in [-0.4, -0.2) is 37.6 Å². The monoisotopic (exact) mass is 349 g/mol. The highest BCUT2D eigenvalue weighted by atomic mass is 32.2. The van der Waals surface area contributed by atoms with E-state index in [1.165, 1.54) is 6.42 Å². The van der Waals surface area contributed by atoms with E-state index in [4.69, 9.17) is 0 Å². The Bertz CT molecular complexity index is 642. The lowest BCUT2D eigenvalue weighted by Crippen LogP contribution is -2.45. The summed E-state index contributed by atoms with van der Waals surface area (Å²) in [5, 5.41) is -0.312. The average Bonchev–Trinajstić information content (AvgIpc) is 2.62. The fourth-order valence-electron chi connectivity index (χ4n) is 3.97. The molecule has 0 radical (unpaired) electrons. The van der Waals surface area contributed by atoms with Gasteiger partial charge in [-0.05, 0) is 31.2 Å². The summed E-state index contributed by atoms with van der Waals surface area (Å²) in [6.07, 6.45) is 6.71. The van der Waals surface area contributed by atoms with Crippen molar-refractivity contribution in [3.63, 3.8) is 0 Å². The summed E-state index contributed by atoms with van der Waals surface area (Å²) in [4.78, 5) is 14.5. The Morgan fingerprint density at radius 3 is 2.21 bits per heavy atom. The van der Waals surface area contributed by atoms with Gasteiger partial charge in [0.15, 0.2) is 9.84 Å². The SMILES string of the molecule is O=C(C1CCCCC1)N1CCC(S(=O)(=O)Cc2ccccc2)CC1. The van der Waals surface area contributed by atoms with Crippen LogP contribution in [0.15, 0.2) is 30.3 Å². The molecule has 0 bridgehead atoms. The van der Waals surface area contributed by atoms with Gasteiger partial charge in [-0.25, -0.2) is 8.42 Å². The maximum atomic E-state index is 12.6. The smallest absolute Gasteiger partial charge is 0.225 e. The zero-order valence-electron chi connectivity index (χ0n) is 14.2. The number of sulfone groups is 1. The first kappa shape index (κ1) is 17.5. The van der Waals surface area contributed by atoms with E-state index in [-0.39, 0.29) is 22.8 Å². The third-order valence-electron chi connectivity index (χ3n) is 5.43. The quantitative estimate of drug-likeness (QED) is 0.839. The second kappa shape index (κ2) is 7.68. The Balaban J connectivity index is 1.55. The number of rotatable bonds is 4. The standard InChI is InChI=1S/C19H27NO3S/c21-19(17-9-5-2-6-10-17)20-13-11-18(12-14-20)24(22,23)15-16-7-3-1-4-8-16/h1,3-4,7-8,17-18H,2,5-6,9-15H2. The van der Waals surface area contributed by atoms with Crippen molar-refractivity contribution in [2.75, 3.05) is 13.1 Å². The molecule has 1 aliphatic heterocycles. The Morgan fingerprint density at radius 2 is 1.58 bits per heavy atom. The normalized spacial score (nSPS) is 20.9. The molecule has 2 fully saturated rings. The molecule has 132 valence electrons. The van der Waals surface area contributed by atoms with Crippen molar-refractivity contribution in [2.45, 2.75) is 55.9 Å². The van der Waals surface area contributed by atoms with Crippen molar-refractivity contribution in [3.05, 3.63) is 35.9 Å². The Labute approximate surface area is 145 Å². The minimum atomic E-state index is -3.15. The molecule has 1 aromatic rings. The van der Waals surface area contributed by atoms with Crippen LogP contribution in [0.4, 0.5) is 0 Å². The summed E-state index contributed by atoms with van der Waals surface area (Å²) in [7, 11) is -3.15. The molecule has 3 rings (SSSR count). The van der Waals surface area contributed by atoms with Crippen molar-refractivity contribution in [2.24, 2.45) is 5.92 Å². The Hall–Kier alpha value is -1.36. The highest BCUT2D eigenvalue weighted by Crippen LogP contribution is 2.28. The second-order valence-corrected chi connectivity index (χ2v) is 9.43. The fraction of sp³-hybridized carbons (Fsp3) is 0.632. The first-order valence-electron chi connectivity index (χ1n) is 9.10. The van der Waals surface area contributed by atoms with Crippen molar-refractivity contribution >= 4 is 15.7 Å². The third kappa shape index (κ3) is 4.18. The topological polar surface area (TPSA) is 54.5 Å². The Morgan fingerprint density at radius 1 is 0.958 bits per heavy atom. The van der Waals surface area contributed by atoms with E-state index in [1.807, 2.05) is 35.2 Å². The summed E-state index contributed by atoms with van der Waals surface area (Å²) >= 11 is 0. The van der Waals surface area contributed by atoms with E-state index < -0.39 is 9.84 Å². The number of hydrogen-bond acceptors (Lipinski definition) is 3. The lowest BCUT2D eigenvalue weighted by atomic mass is 9.88. The van der Waals surface area contributed by atoms with Crippen LogP contribution in [0.3, 0.4) is 0 Å². The van der Waals surface area contributed by atoms with E-state index in [0.29, 0.717) is 25.9 Å². The van der Waals surface area contributed by atoms with Gasteiger partial charge in [-0.15, -0.1) is 0 Å². The molecule has 1 heterocycles. The van der Waals surface area contributed by atoms with Crippen molar-refractivity contribution < 1.29 is 13.2 Å². The van der Waals surface area contributed by atoms with Gasteiger partial charge in [0, 0.05) is 19.0 Å². The third-order valence-corrected chi connectivity index (χ3v) is 7.65. The maximum absolute atomic E-state index is 12.6. The van der Waals surface area contributed by atoms with Crippen molar-refractivity contribution in [1.82, 2.24) is 4.90 Å². The fourth-order valence-corrected chi connectivity index (χ4v) is 5.79. The number of benzene rings is 1. The number of likely N-dealkylation sites (tertiary alicyclic amines) is 1. The molecule has 0 spiro atoms. The highest BCUT2D eigenvalue weighted by Gasteiger charge is 2.33. The Kier molecular flexibility index (Phi) is 5.59. The van der Waals surface area contributed by atoms with Gasteiger partial charge in [-0.1, -0.05) is 49.6 Å². The predicted molar refractivity (Wildman–Crippen MR) is 95.2 cm³/mol. The number of nitrogens with zero attached hydrogens (tertiary/aromatic N) is 1. The molecular weight excluding hydrogens is 322 g/mol. The summed E-state index contributed by atoms with van der Waals surface area (Å²) in [6, 6.07) is 9.36. The van der Waals surface area contributed by atoms with Crippen LogP contribution in [0.25, 0.3) is 0 Å². The van der Waals surface area contributed by atoms with Gasteiger partial charge in [0.2, 0.25) is 5.91 Å². The van der Waals surface area contributed by atoms with Crippen LogP contribution < -0.4 is 0 Å². The minimum Gasteiger partial charge on any atom is -0.342 e. The van der Waals surface area contributed by atoms with Crippen LogP contribution >= 0.6 is 0 Å². The van der Waals surface area contributed by atoms with Crippen molar-refractivity contribution in [1.29, 1.82) is 0 Å². The number of carbonyl (C=O) groups excluding carboxylic acids is 1. The van der Waals surface area contributed by atoms with Crippen LogP contribution in [-0.2, 0) is 20.4 Å². The van der Waals surface area contributed by atoms with Gasteiger partial charge in [0.05, 0.1) is 11.0 Å². The number of piperidine rings is 1. The second-order valence-electron chi connectivity index (χ2n) is 7.15. The zero-order chi connectivity index (χ0) is 17.0. The molecule has 1 saturated heterocycles. The first-order valence-corrected chi connectivity index (χ1v) is 10.8. The molecule has 4 nitrogen and oxygen atoms in total. The molecule has 1 aliphatic carbocycles. The highest BCUT2D eigenvalue weighted by molar-refractivity contribution is 7.91. The lowest BCUT2D eigenvalue weighted by Gasteiger charge is -2.35. The summed E-state index contributed by atoms with van der Waals surface area (Å²) in [5.74, 6) is 0.541. The van der Waals surface area contributed by atoms with Gasteiger partial charge in [-0.2, -0.15) is 0 Å². The van der Waals surface area contributed by atoms with Gasteiger partial charge in [0.25, 0.3) is 0 Å². The van der Waals surface area contributed by atoms with Gasteiger partial charge >= 0.3 is 0 Å². The van der Waals surface area contributed by atoms with E-state index >= 15 is 0 Å². The summed E-state index contributed by atoms with van der Waals surface area (Å²) in [6.45, 7) is 1.18. The molecule has 5 heteroatoms. The molecule has 0 unspecified atom stereocenters. The number of carbonyl (C=O) groups is 1. The molecule has 1 saturated carbocycles. The zero-order valence-corrected chi connectivity index (χ0v) is 15.0. The van der Waals surface area contributed by atoms with E-state index in [9.17, 15) is 13.2 Å². The van der Waals surface area contributed by atoms with E-state index in [2.05, 4.69) is 0 Å². The average molecular weight is 349 g/mol. The van der Waals surface area contributed by atoms with Gasteiger partial charge < -0.3 is 4.90 Å². The first-order chi connectivity index (χ1) is 11.6. The van der Waals surface area contributed by atoms with E-state index in [1.54, 1.807) is 0 Å². The van der Waals surface area contributed by atoms with Crippen molar-refractivity contribution in [3.8, 4) is 0 Å². The van der Waals surface area contributed by atoms with Crippen LogP contribution in [0.2, 0.25) is 0 Å². The number of amides is 1. The largest absolute Gasteiger partial charge is 0.342 e. The van der Waals surface area contributed by atoms with Gasteiger partial charge in [0.1, 0.15) is 0 Å². The maximum Gasteiger partial charge on any atom is 0.225 e.